The molecular weight excluding hydrogens is 246 g/mol. The number of hydrogen-bond acceptors (Lipinski definition) is 4. The lowest BCUT2D eigenvalue weighted by Gasteiger charge is -2.34. The Morgan fingerprint density at radius 1 is 1.16 bits per heavy atom. The number of rotatable bonds is 2. The Hall–Kier alpha value is -2.11. The van der Waals surface area contributed by atoms with E-state index in [9.17, 15) is 9.59 Å². The van der Waals surface area contributed by atoms with Crippen LogP contribution in [0.2, 0.25) is 0 Å². The van der Waals surface area contributed by atoms with Crippen LogP contribution >= 0.6 is 0 Å². The van der Waals surface area contributed by atoms with Gasteiger partial charge in [0.05, 0.1) is 6.61 Å². The largest absolute Gasteiger partial charge is 0.450 e. The molecular formula is C13H17N3O3. The predicted octanol–water partition coefficient (Wildman–Crippen LogP) is 0.996. The Morgan fingerprint density at radius 3 is 2.32 bits per heavy atom. The van der Waals surface area contributed by atoms with Crippen LogP contribution in [-0.4, -0.2) is 59.6 Å². The van der Waals surface area contributed by atoms with Gasteiger partial charge in [0.25, 0.3) is 5.91 Å². The molecule has 0 bridgehead atoms. The summed E-state index contributed by atoms with van der Waals surface area (Å²) in [7, 11) is 0. The normalized spacial score (nSPS) is 15.2. The Labute approximate surface area is 112 Å². The molecule has 1 aromatic heterocycles. The van der Waals surface area contributed by atoms with Crippen LogP contribution < -0.4 is 0 Å². The lowest BCUT2D eigenvalue weighted by molar-refractivity contribution is 0.0570. The highest BCUT2D eigenvalue weighted by molar-refractivity contribution is 5.94. The van der Waals surface area contributed by atoms with Crippen LogP contribution in [0.25, 0.3) is 0 Å². The van der Waals surface area contributed by atoms with Crippen molar-refractivity contribution in [3.8, 4) is 0 Å². The van der Waals surface area contributed by atoms with E-state index in [0.29, 0.717) is 38.3 Å². The first-order valence-corrected chi connectivity index (χ1v) is 6.33. The number of carbonyl (C=O) groups is 2. The first kappa shape index (κ1) is 13.3. The van der Waals surface area contributed by atoms with E-state index in [1.54, 1.807) is 41.2 Å². The maximum atomic E-state index is 12.2. The van der Waals surface area contributed by atoms with Gasteiger partial charge in [-0.1, -0.05) is 0 Å². The molecule has 0 N–H and O–H groups in total. The van der Waals surface area contributed by atoms with Gasteiger partial charge in [0.2, 0.25) is 0 Å². The molecule has 19 heavy (non-hydrogen) atoms. The van der Waals surface area contributed by atoms with Crippen molar-refractivity contribution in [3.63, 3.8) is 0 Å². The van der Waals surface area contributed by atoms with Crippen LogP contribution in [0, 0.1) is 0 Å². The standard InChI is InChI=1S/C13H17N3O3/c1-2-19-13(18)16-9-7-15(8-10-16)12(17)11-3-5-14-6-4-11/h3-6H,2,7-10H2,1H3. The number of amides is 2. The van der Waals surface area contributed by atoms with E-state index in [4.69, 9.17) is 4.74 Å². The first-order chi connectivity index (χ1) is 9.22. The second-order valence-electron chi connectivity index (χ2n) is 4.21. The molecule has 1 aliphatic rings. The summed E-state index contributed by atoms with van der Waals surface area (Å²) in [5.74, 6) is -0.0223. The number of carbonyl (C=O) groups excluding carboxylic acids is 2. The number of nitrogens with zero attached hydrogens (tertiary/aromatic N) is 3. The second-order valence-corrected chi connectivity index (χ2v) is 4.21. The molecule has 0 unspecified atom stereocenters. The third-order valence-corrected chi connectivity index (χ3v) is 3.02. The molecule has 6 heteroatoms. The summed E-state index contributed by atoms with van der Waals surface area (Å²) in [6.07, 6.45) is 2.89. The van der Waals surface area contributed by atoms with Gasteiger partial charge in [0.1, 0.15) is 0 Å². The third-order valence-electron chi connectivity index (χ3n) is 3.02. The van der Waals surface area contributed by atoms with E-state index in [2.05, 4.69) is 4.98 Å². The number of hydrogen-bond donors (Lipinski definition) is 0. The van der Waals surface area contributed by atoms with Gasteiger partial charge in [-0.15, -0.1) is 0 Å². The zero-order valence-electron chi connectivity index (χ0n) is 10.9. The Morgan fingerprint density at radius 2 is 1.74 bits per heavy atom. The van der Waals surface area contributed by atoms with E-state index < -0.39 is 0 Å². The molecule has 0 spiro atoms. The highest BCUT2D eigenvalue weighted by Gasteiger charge is 2.25. The highest BCUT2D eigenvalue weighted by atomic mass is 16.6. The quantitative estimate of drug-likeness (QED) is 0.798. The highest BCUT2D eigenvalue weighted by Crippen LogP contribution is 2.08. The van der Waals surface area contributed by atoms with Crippen molar-refractivity contribution in [1.82, 2.24) is 14.8 Å². The summed E-state index contributed by atoms with van der Waals surface area (Å²) in [5.41, 5.74) is 0.625. The summed E-state index contributed by atoms with van der Waals surface area (Å²) in [5, 5.41) is 0. The van der Waals surface area contributed by atoms with Crippen LogP contribution in [0.5, 0.6) is 0 Å². The number of aromatic nitrogens is 1. The molecule has 0 atom stereocenters. The molecule has 102 valence electrons. The topological polar surface area (TPSA) is 62.7 Å². The Kier molecular flexibility index (Phi) is 4.33. The van der Waals surface area contributed by atoms with Gasteiger partial charge >= 0.3 is 6.09 Å². The van der Waals surface area contributed by atoms with Crippen molar-refractivity contribution < 1.29 is 14.3 Å². The summed E-state index contributed by atoms with van der Waals surface area (Å²) >= 11 is 0. The smallest absolute Gasteiger partial charge is 0.409 e. The molecule has 1 aliphatic heterocycles. The van der Waals surface area contributed by atoms with Gasteiger partial charge in [-0.25, -0.2) is 4.79 Å². The average molecular weight is 263 g/mol. The van der Waals surface area contributed by atoms with Crippen LogP contribution in [-0.2, 0) is 4.74 Å². The number of piperazine rings is 1. The Bertz CT molecular complexity index is 442. The van der Waals surface area contributed by atoms with E-state index in [0.717, 1.165) is 0 Å². The third kappa shape index (κ3) is 3.21. The zero-order valence-corrected chi connectivity index (χ0v) is 10.9. The molecule has 0 aliphatic carbocycles. The molecule has 2 amide bonds. The van der Waals surface area contributed by atoms with E-state index in [-0.39, 0.29) is 12.0 Å². The summed E-state index contributed by atoms with van der Waals surface area (Å²) in [6, 6.07) is 3.39. The lowest BCUT2D eigenvalue weighted by atomic mass is 10.2. The number of ether oxygens (including phenoxy) is 1. The molecule has 1 fully saturated rings. The SMILES string of the molecule is CCOC(=O)N1CCN(C(=O)c2ccncc2)CC1. The van der Waals surface area contributed by atoms with Gasteiger partial charge < -0.3 is 14.5 Å². The van der Waals surface area contributed by atoms with E-state index in [1.165, 1.54) is 0 Å². The van der Waals surface area contributed by atoms with Gasteiger partial charge in [-0.05, 0) is 19.1 Å². The van der Waals surface area contributed by atoms with E-state index >= 15 is 0 Å². The second kappa shape index (κ2) is 6.17. The minimum absolute atomic E-state index is 0.0223. The van der Waals surface area contributed by atoms with Crippen LogP contribution in [0.15, 0.2) is 24.5 Å². The first-order valence-electron chi connectivity index (χ1n) is 6.33. The number of pyridine rings is 1. The molecule has 1 aromatic rings. The fourth-order valence-corrected chi connectivity index (χ4v) is 1.98. The van der Waals surface area contributed by atoms with Gasteiger partial charge in [-0.2, -0.15) is 0 Å². The minimum Gasteiger partial charge on any atom is -0.450 e. The van der Waals surface area contributed by atoms with Crippen LogP contribution in [0.3, 0.4) is 0 Å². The van der Waals surface area contributed by atoms with Crippen LogP contribution in [0.4, 0.5) is 4.79 Å². The van der Waals surface area contributed by atoms with Crippen molar-refractivity contribution in [2.75, 3.05) is 32.8 Å². The fraction of sp³-hybridized carbons (Fsp3) is 0.462. The van der Waals surface area contributed by atoms with Crippen molar-refractivity contribution in [1.29, 1.82) is 0 Å². The van der Waals surface area contributed by atoms with Gasteiger partial charge in [0.15, 0.2) is 0 Å². The van der Waals surface area contributed by atoms with Gasteiger partial charge in [-0.3, -0.25) is 9.78 Å². The molecule has 0 aromatic carbocycles. The van der Waals surface area contributed by atoms with Crippen molar-refractivity contribution in [2.45, 2.75) is 6.92 Å². The molecule has 1 saturated heterocycles. The molecule has 2 rings (SSSR count). The monoisotopic (exact) mass is 263 g/mol. The maximum absolute atomic E-state index is 12.2. The molecule has 2 heterocycles. The van der Waals surface area contributed by atoms with Crippen molar-refractivity contribution in [2.24, 2.45) is 0 Å². The lowest BCUT2D eigenvalue weighted by Crippen LogP contribution is -2.50. The minimum atomic E-state index is -0.307. The molecule has 6 nitrogen and oxygen atoms in total. The van der Waals surface area contributed by atoms with Gasteiger partial charge in [0, 0.05) is 44.1 Å². The summed E-state index contributed by atoms with van der Waals surface area (Å²) in [4.78, 5) is 31.0. The Balaban J connectivity index is 1.90. The molecule has 0 radical (unpaired) electrons. The van der Waals surface area contributed by atoms with E-state index in [1.807, 2.05) is 0 Å². The van der Waals surface area contributed by atoms with Crippen molar-refractivity contribution >= 4 is 12.0 Å². The summed E-state index contributed by atoms with van der Waals surface area (Å²) < 4.78 is 4.94. The predicted molar refractivity (Wildman–Crippen MR) is 68.7 cm³/mol. The fourth-order valence-electron chi connectivity index (χ4n) is 1.98. The zero-order chi connectivity index (χ0) is 13.7. The molecule has 0 saturated carbocycles. The average Bonchev–Trinajstić information content (AvgIpc) is 2.48. The maximum Gasteiger partial charge on any atom is 0.409 e. The summed E-state index contributed by atoms with van der Waals surface area (Å²) in [6.45, 7) is 4.22. The van der Waals surface area contributed by atoms with Crippen molar-refractivity contribution in [3.05, 3.63) is 30.1 Å². The van der Waals surface area contributed by atoms with Crippen LogP contribution in [0.1, 0.15) is 17.3 Å².